The van der Waals surface area contributed by atoms with Crippen molar-refractivity contribution < 1.29 is 14.3 Å². The minimum atomic E-state index is -0.563. The van der Waals surface area contributed by atoms with Crippen LogP contribution in [0.1, 0.15) is 36.7 Å². The largest absolute Gasteiger partial charge is 0.444 e. The van der Waals surface area contributed by atoms with Crippen molar-refractivity contribution in [2.75, 3.05) is 5.32 Å². The van der Waals surface area contributed by atoms with Gasteiger partial charge in [0.25, 0.3) is 5.91 Å². The van der Waals surface area contributed by atoms with E-state index in [4.69, 9.17) is 4.74 Å². The highest BCUT2D eigenvalue weighted by Crippen LogP contribution is 2.21. The lowest BCUT2D eigenvalue weighted by Gasteiger charge is -2.20. The minimum Gasteiger partial charge on any atom is -0.444 e. The maximum absolute atomic E-state index is 12.9. The summed E-state index contributed by atoms with van der Waals surface area (Å²) in [6.07, 6.45) is -0.498. The second-order valence-corrected chi connectivity index (χ2v) is 7.49. The second-order valence-electron chi connectivity index (χ2n) is 7.49. The number of ether oxygens (including phenoxy) is 1. The highest BCUT2D eigenvalue weighted by Gasteiger charge is 2.17. The molecule has 0 aliphatic rings. The molecule has 3 rings (SSSR count). The minimum absolute atomic E-state index is 0.193. The van der Waals surface area contributed by atoms with Gasteiger partial charge in [-0.2, -0.15) is 0 Å². The van der Waals surface area contributed by atoms with E-state index in [1.54, 1.807) is 6.07 Å². The first-order valence-electron chi connectivity index (χ1n) is 9.17. The number of carbonyl (C=O) groups excluding carboxylic acids is 2. The zero-order valence-electron chi connectivity index (χ0n) is 16.3. The summed E-state index contributed by atoms with van der Waals surface area (Å²) in [5.74, 6) is -0.193. The summed E-state index contributed by atoms with van der Waals surface area (Å²) in [5, 5.41) is 7.59. The first-order chi connectivity index (χ1) is 13.3. The Hall–Kier alpha value is -3.34. The molecule has 0 saturated heterocycles. The molecule has 5 nitrogen and oxygen atoms in total. The quantitative estimate of drug-likeness (QED) is 0.664. The monoisotopic (exact) mass is 376 g/mol. The molecule has 5 heteroatoms. The van der Waals surface area contributed by atoms with E-state index in [0.717, 1.165) is 16.3 Å². The third-order valence-electron chi connectivity index (χ3n) is 4.12. The Labute approximate surface area is 164 Å². The molecule has 0 saturated carbocycles. The van der Waals surface area contributed by atoms with E-state index in [1.165, 1.54) is 0 Å². The lowest BCUT2D eigenvalue weighted by molar-refractivity contribution is 0.0523. The van der Waals surface area contributed by atoms with Crippen LogP contribution in [0.2, 0.25) is 0 Å². The van der Waals surface area contributed by atoms with Crippen LogP contribution in [0.5, 0.6) is 0 Å². The van der Waals surface area contributed by atoms with Crippen molar-refractivity contribution in [1.29, 1.82) is 0 Å². The number of para-hydroxylation sites is 1. The number of fused-ring (bicyclic) bond motifs is 1. The van der Waals surface area contributed by atoms with Crippen LogP contribution in [0.4, 0.5) is 10.5 Å². The van der Waals surface area contributed by atoms with Crippen LogP contribution >= 0.6 is 0 Å². The number of nitrogens with one attached hydrogen (secondary N) is 2. The number of benzene rings is 3. The highest BCUT2D eigenvalue weighted by molar-refractivity contribution is 6.13. The summed E-state index contributed by atoms with van der Waals surface area (Å²) in [5.41, 5.74) is 1.48. The van der Waals surface area contributed by atoms with Crippen LogP contribution in [0.3, 0.4) is 0 Å². The maximum Gasteiger partial charge on any atom is 0.407 e. The molecule has 28 heavy (non-hydrogen) atoms. The van der Waals surface area contributed by atoms with Gasteiger partial charge in [-0.15, -0.1) is 0 Å². The van der Waals surface area contributed by atoms with E-state index in [1.807, 2.05) is 81.4 Å². The van der Waals surface area contributed by atoms with E-state index in [0.29, 0.717) is 11.3 Å². The van der Waals surface area contributed by atoms with Gasteiger partial charge in [0, 0.05) is 17.8 Å². The van der Waals surface area contributed by atoms with Gasteiger partial charge in [0.1, 0.15) is 5.60 Å². The Balaban J connectivity index is 1.76. The van der Waals surface area contributed by atoms with Gasteiger partial charge in [-0.05, 0) is 49.2 Å². The van der Waals surface area contributed by atoms with Gasteiger partial charge in [-0.25, -0.2) is 4.79 Å². The van der Waals surface area contributed by atoms with Gasteiger partial charge in [0.05, 0.1) is 0 Å². The molecule has 3 aromatic carbocycles. The number of rotatable bonds is 4. The number of carbonyl (C=O) groups is 2. The molecule has 0 heterocycles. The van der Waals surface area contributed by atoms with Crippen LogP contribution in [-0.4, -0.2) is 17.6 Å². The molecular weight excluding hydrogens is 352 g/mol. The molecule has 3 aromatic rings. The Morgan fingerprint density at radius 1 is 0.893 bits per heavy atom. The van der Waals surface area contributed by atoms with Gasteiger partial charge >= 0.3 is 6.09 Å². The summed E-state index contributed by atoms with van der Waals surface area (Å²) >= 11 is 0. The van der Waals surface area contributed by atoms with Gasteiger partial charge in [0.15, 0.2) is 0 Å². The smallest absolute Gasteiger partial charge is 0.407 e. The van der Waals surface area contributed by atoms with Crippen LogP contribution in [-0.2, 0) is 11.3 Å². The molecule has 0 aliphatic heterocycles. The summed E-state index contributed by atoms with van der Waals surface area (Å²) < 4.78 is 5.26. The van der Waals surface area contributed by atoms with Crippen molar-refractivity contribution in [3.63, 3.8) is 0 Å². The standard InChI is InChI=1S/C23H24N2O3/c1-23(2,3)28-22(27)24-15-17-10-5-7-14-20(17)25-21(26)19-13-8-11-16-9-4-6-12-18(16)19/h4-14H,15H2,1-3H3,(H,24,27)(H,25,26). The van der Waals surface area contributed by atoms with E-state index in [-0.39, 0.29) is 12.5 Å². The summed E-state index contributed by atoms with van der Waals surface area (Å²) in [7, 11) is 0. The molecule has 0 unspecified atom stereocenters. The predicted octanol–water partition coefficient (Wildman–Crippen LogP) is 5.12. The highest BCUT2D eigenvalue weighted by atomic mass is 16.6. The lowest BCUT2D eigenvalue weighted by Crippen LogP contribution is -2.32. The summed E-state index contributed by atoms with van der Waals surface area (Å²) in [4.78, 5) is 24.8. The van der Waals surface area contributed by atoms with Crippen LogP contribution in [0.15, 0.2) is 66.7 Å². The zero-order valence-corrected chi connectivity index (χ0v) is 16.3. The van der Waals surface area contributed by atoms with E-state index < -0.39 is 11.7 Å². The van der Waals surface area contributed by atoms with Crippen molar-refractivity contribution >= 4 is 28.5 Å². The number of amides is 2. The molecule has 2 N–H and O–H groups in total. The average Bonchev–Trinajstić information content (AvgIpc) is 2.65. The SMILES string of the molecule is CC(C)(C)OC(=O)NCc1ccccc1NC(=O)c1cccc2ccccc12. The van der Waals surface area contributed by atoms with Crippen molar-refractivity contribution in [3.05, 3.63) is 77.9 Å². The molecular formula is C23H24N2O3. The van der Waals surface area contributed by atoms with Gasteiger partial charge in [-0.3, -0.25) is 4.79 Å². The fourth-order valence-corrected chi connectivity index (χ4v) is 2.89. The number of alkyl carbamates (subject to hydrolysis) is 1. The Kier molecular flexibility index (Phi) is 5.64. The molecule has 144 valence electrons. The van der Waals surface area contributed by atoms with Crippen LogP contribution < -0.4 is 10.6 Å². The van der Waals surface area contributed by atoms with Crippen LogP contribution in [0, 0.1) is 0 Å². The molecule has 0 spiro atoms. The van der Waals surface area contributed by atoms with Gasteiger partial charge in [-0.1, -0.05) is 54.6 Å². The molecule has 0 atom stereocenters. The topological polar surface area (TPSA) is 67.4 Å². The summed E-state index contributed by atoms with van der Waals surface area (Å²) in [6.45, 7) is 5.68. The lowest BCUT2D eigenvalue weighted by atomic mass is 10.0. The average molecular weight is 376 g/mol. The van der Waals surface area contributed by atoms with Gasteiger partial charge in [0.2, 0.25) is 0 Å². The second kappa shape index (κ2) is 8.13. The van der Waals surface area contributed by atoms with E-state index in [9.17, 15) is 9.59 Å². The maximum atomic E-state index is 12.9. The van der Waals surface area contributed by atoms with Crippen molar-refractivity contribution in [3.8, 4) is 0 Å². The van der Waals surface area contributed by atoms with Crippen molar-refractivity contribution in [2.24, 2.45) is 0 Å². The number of hydrogen-bond acceptors (Lipinski definition) is 3. The predicted molar refractivity (Wildman–Crippen MR) is 111 cm³/mol. The van der Waals surface area contributed by atoms with E-state index >= 15 is 0 Å². The number of hydrogen-bond donors (Lipinski definition) is 2. The Morgan fingerprint density at radius 3 is 2.36 bits per heavy atom. The molecule has 0 bridgehead atoms. The first-order valence-corrected chi connectivity index (χ1v) is 9.17. The van der Waals surface area contributed by atoms with E-state index in [2.05, 4.69) is 10.6 Å². The zero-order chi connectivity index (χ0) is 20.1. The van der Waals surface area contributed by atoms with Crippen molar-refractivity contribution in [1.82, 2.24) is 5.32 Å². The Morgan fingerprint density at radius 2 is 1.57 bits per heavy atom. The third-order valence-corrected chi connectivity index (χ3v) is 4.12. The fourth-order valence-electron chi connectivity index (χ4n) is 2.89. The summed E-state index contributed by atoms with van der Waals surface area (Å²) in [6, 6.07) is 20.8. The Bertz CT molecular complexity index is 1000. The van der Waals surface area contributed by atoms with Gasteiger partial charge < -0.3 is 15.4 Å². The fraction of sp³-hybridized carbons (Fsp3) is 0.217. The molecule has 0 radical (unpaired) electrons. The molecule has 0 aromatic heterocycles. The molecule has 2 amide bonds. The van der Waals surface area contributed by atoms with Crippen molar-refractivity contribution in [2.45, 2.75) is 32.9 Å². The van der Waals surface area contributed by atoms with Crippen LogP contribution in [0.25, 0.3) is 10.8 Å². The molecule has 0 aliphatic carbocycles. The molecule has 0 fully saturated rings. The number of anilines is 1. The third kappa shape index (κ3) is 4.88. The first kappa shape index (κ1) is 19.4. The normalized spacial score (nSPS) is 11.1.